The molecule has 0 radical (unpaired) electrons. The van der Waals surface area contributed by atoms with Gasteiger partial charge in [0.2, 0.25) is 0 Å². The molecule has 0 amide bonds. The number of carboxylic acids is 1. The number of aromatic carboxylic acids is 1. The molecule has 0 bridgehead atoms. The topological polar surface area (TPSA) is 81.5 Å². The molecule has 0 saturated carbocycles. The first kappa shape index (κ1) is 14.1. The summed E-state index contributed by atoms with van der Waals surface area (Å²) in [6.07, 6.45) is 1.17. The minimum Gasteiger partial charge on any atom is -0.497 e. The average molecular weight is 295 g/mol. The molecule has 0 aliphatic rings. The van der Waals surface area contributed by atoms with Gasteiger partial charge in [-0.05, 0) is 12.1 Å². The monoisotopic (exact) mass is 294 g/mol. The van der Waals surface area contributed by atoms with Crippen LogP contribution in [0.2, 0.25) is 5.15 Å². The molecule has 1 aromatic carbocycles. The fraction of sp³-hybridized carbons (Fsp3) is 0.154. The molecule has 20 heavy (non-hydrogen) atoms. The van der Waals surface area contributed by atoms with Gasteiger partial charge in [-0.1, -0.05) is 11.6 Å². The number of methoxy groups -OCH3 is 2. The maximum Gasteiger partial charge on any atom is 0.340 e. The lowest BCUT2D eigenvalue weighted by atomic mass is 10.2. The molecular weight excluding hydrogens is 284 g/mol. The van der Waals surface area contributed by atoms with Gasteiger partial charge in [-0.3, -0.25) is 0 Å². The van der Waals surface area contributed by atoms with Gasteiger partial charge in [0, 0.05) is 17.8 Å². The van der Waals surface area contributed by atoms with Gasteiger partial charge < -0.3 is 14.6 Å². The number of benzene rings is 1. The SMILES string of the molecule is COc1cc(OC)cc(-c2ncc(C(=O)O)c(Cl)n2)c1. The molecular formula is C13H11ClN2O4. The summed E-state index contributed by atoms with van der Waals surface area (Å²) in [5.41, 5.74) is 0.463. The molecule has 0 saturated heterocycles. The van der Waals surface area contributed by atoms with Crippen molar-refractivity contribution < 1.29 is 19.4 Å². The molecule has 0 aliphatic carbocycles. The van der Waals surface area contributed by atoms with E-state index in [-0.39, 0.29) is 16.5 Å². The molecule has 104 valence electrons. The molecule has 1 aromatic heterocycles. The number of halogens is 1. The summed E-state index contributed by atoms with van der Waals surface area (Å²) < 4.78 is 10.3. The minimum absolute atomic E-state index is 0.121. The first-order valence-electron chi connectivity index (χ1n) is 5.54. The number of aromatic nitrogens is 2. The van der Waals surface area contributed by atoms with E-state index < -0.39 is 5.97 Å². The highest BCUT2D eigenvalue weighted by atomic mass is 35.5. The van der Waals surface area contributed by atoms with Crippen molar-refractivity contribution in [1.29, 1.82) is 0 Å². The van der Waals surface area contributed by atoms with E-state index in [1.807, 2.05) is 0 Å². The lowest BCUT2D eigenvalue weighted by Crippen LogP contribution is -2.02. The van der Waals surface area contributed by atoms with Crippen LogP contribution in [-0.2, 0) is 0 Å². The summed E-state index contributed by atoms with van der Waals surface area (Å²) in [5.74, 6) is 0.254. The largest absolute Gasteiger partial charge is 0.497 e. The van der Waals surface area contributed by atoms with E-state index in [1.165, 1.54) is 20.4 Å². The van der Waals surface area contributed by atoms with Crippen molar-refractivity contribution in [1.82, 2.24) is 9.97 Å². The number of ether oxygens (including phenoxy) is 2. The van der Waals surface area contributed by atoms with Crippen LogP contribution < -0.4 is 9.47 Å². The van der Waals surface area contributed by atoms with E-state index in [0.29, 0.717) is 17.1 Å². The molecule has 2 rings (SSSR count). The molecule has 7 heteroatoms. The van der Waals surface area contributed by atoms with Gasteiger partial charge in [-0.15, -0.1) is 0 Å². The molecule has 0 unspecified atom stereocenters. The van der Waals surface area contributed by atoms with Gasteiger partial charge in [0.15, 0.2) is 5.82 Å². The third-order valence-corrected chi connectivity index (χ3v) is 2.87. The second kappa shape index (κ2) is 5.75. The number of hydrogen-bond acceptors (Lipinski definition) is 5. The van der Waals surface area contributed by atoms with Crippen molar-refractivity contribution in [3.05, 3.63) is 35.1 Å². The van der Waals surface area contributed by atoms with Crippen LogP contribution in [0.15, 0.2) is 24.4 Å². The van der Waals surface area contributed by atoms with Crippen molar-refractivity contribution >= 4 is 17.6 Å². The van der Waals surface area contributed by atoms with Crippen molar-refractivity contribution in [2.75, 3.05) is 14.2 Å². The highest BCUT2D eigenvalue weighted by Gasteiger charge is 2.13. The Kier molecular flexibility index (Phi) is 4.05. The molecule has 1 heterocycles. The standard InChI is InChI=1S/C13H11ClN2O4/c1-19-8-3-7(4-9(5-8)20-2)12-15-6-10(13(17)18)11(14)16-12/h3-6H,1-2H3,(H,17,18). The second-order valence-corrected chi connectivity index (χ2v) is 4.16. The van der Waals surface area contributed by atoms with Gasteiger partial charge in [0.25, 0.3) is 0 Å². The predicted molar refractivity (Wildman–Crippen MR) is 72.5 cm³/mol. The van der Waals surface area contributed by atoms with E-state index in [2.05, 4.69) is 9.97 Å². The molecule has 1 N–H and O–H groups in total. The van der Waals surface area contributed by atoms with E-state index in [1.54, 1.807) is 18.2 Å². The average Bonchev–Trinajstić information content (AvgIpc) is 2.46. The van der Waals surface area contributed by atoms with Gasteiger partial charge >= 0.3 is 5.97 Å². The van der Waals surface area contributed by atoms with Gasteiger partial charge in [0.05, 0.1) is 14.2 Å². The third kappa shape index (κ3) is 2.80. The van der Waals surface area contributed by atoms with Crippen LogP contribution in [-0.4, -0.2) is 35.3 Å². The Labute approximate surface area is 120 Å². The maximum absolute atomic E-state index is 10.9. The molecule has 2 aromatic rings. The first-order valence-corrected chi connectivity index (χ1v) is 5.92. The Morgan fingerprint density at radius 2 is 1.80 bits per heavy atom. The molecule has 0 aliphatic heterocycles. The van der Waals surface area contributed by atoms with Crippen LogP contribution in [0, 0.1) is 0 Å². The van der Waals surface area contributed by atoms with E-state index in [9.17, 15) is 4.79 Å². The van der Waals surface area contributed by atoms with Crippen LogP contribution >= 0.6 is 11.6 Å². The summed E-state index contributed by atoms with van der Waals surface area (Å²) in [4.78, 5) is 18.8. The summed E-state index contributed by atoms with van der Waals surface area (Å²) in [7, 11) is 3.06. The van der Waals surface area contributed by atoms with Gasteiger partial charge in [-0.2, -0.15) is 0 Å². The van der Waals surface area contributed by atoms with E-state index in [4.69, 9.17) is 26.2 Å². The maximum atomic E-state index is 10.9. The van der Waals surface area contributed by atoms with E-state index in [0.717, 1.165) is 0 Å². The van der Waals surface area contributed by atoms with Gasteiger partial charge in [0.1, 0.15) is 22.2 Å². The number of carbonyl (C=O) groups is 1. The minimum atomic E-state index is -1.18. The second-order valence-electron chi connectivity index (χ2n) is 3.80. The Hall–Kier alpha value is -2.34. The van der Waals surface area contributed by atoms with Crippen LogP contribution in [0.25, 0.3) is 11.4 Å². The zero-order valence-corrected chi connectivity index (χ0v) is 11.5. The van der Waals surface area contributed by atoms with Crippen LogP contribution in [0.1, 0.15) is 10.4 Å². The van der Waals surface area contributed by atoms with Crippen molar-refractivity contribution in [2.24, 2.45) is 0 Å². The summed E-state index contributed by atoms with van der Waals surface area (Å²) in [6.45, 7) is 0. The summed E-state index contributed by atoms with van der Waals surface area (Å²) >= 11 is 5.83. The smallest absolute Gasteiger partial charge is 0.340 e. The Balaban J connectivity index is 2.51. The highest BCUT2D eigenvalue weighted by Crippen LogP contribution is 2.28. The fourth-order valence-electron chi connectivity index (χ4n) is 1.58. The zero-order valence-electron chi connectivity index (χ0n) is 10.8. The Morgan fingerprint density at radius 3 is 2.25 bits per heavy atom. The van der Waals surface area contributed by atoms with Crippen LogP contribution in [0.5, 0.6) is 11.5 Å². The highest BCUT2D eigenvalue weighted by molar-refractivity contribution is 6.32. The van der Waals surface area contributed by atoms with Crippen molar-refractivity contribution in [2.45, 2.75) is 0 Å². The van der Waals surface area contributed by atoms with Crippen molar-refractivity contribution in [3.8, 4) is 22.9 Å². The number of hydrogen-bond donors (Lipinski definition) is 1. The third-order valence-electron chi connectivity index (χ3n) is 2.58. The fourth-order valence-corrected chi connectivity index (χ4v) is 1.79. The lowest BCUT2D eigenvalue weighted by Gasteiger charge is -2.08. The predicted octanol–water partition coefficient (Wildman–Crippen LogP) is 2.51. The van der Waals surface area contributed by atoms with Crippen molar-refractivity contribution in [3.63, 3.8) is 0 Å². The number of nitrogens with zero attached hydrogens (tertiary/aromatic N) is 2. The summed E-state index contributed by atoms with van der Waals surface area (Å²) in [6, 6.07) is 5.11. The summed E-state index contributed by atoms with van der Waals surface area (Å²) in [5, 5.41) is 8.77. The molecule has 0 atom stereocenters. The molecule has 6 nitrogen and oxygen atoms in total. The van der Waals surface area contributed by atoms with E-state index >= 15 is 0 Å². The molecule has 0 fully saturated rings. The quantitative estimate of drug-likeness (QED) is 0.873. The number of rotatable bonds is 4. The zero-order chi connectivity index (χ0) is 14.7. The first-order chi connectivity index (χ1) is 9.55. The Morgan fingerprint density at radius 1 is 1.20 bits per heavy atom. The lowest BCUT2D eigenvalue weighted by molar-refractivity contribution is 0.0696. The number of carboxylic acid groups (broad SMARTS) is 1. The molecule has 0 spiro atoms. The van der Waals surface area contributed by atoms with Gasteiger partial charge in [-0.25, -0.2) is 14.8 Å². The van der Waals surface area contributed by atoms with Crippen LogP contribution in [0.3, 0.4) is 0 Å². The normalized spacial score (nSPS) is 10.2. The Bertz CT molecular complexity index is 639. The van der Waals surface area contributed by atoms with Crippen LogP contribution in [0.4, 0.5) is 0 Å².